The first-order valence-electron chi connectivity index (χ1n) is 10.1. The van der Waals surface area contributed by atoms with E-state index in [-0.39, 0.29) is 10.8 Å². The molecular weight excluding hydrogens is 492 g/mol. The molecule has 0 aliphatic carbocycles. The average molecular weight is 517 g/mol. The van der Waals surface area contributed by atoms with Crippen molar-refractivity contribution in [2.45, 2.75) is 32.1 Å². The molecule has 0 saturated heterocycles. The number of amides is 1. The summed E-state index contributed by atoms with van der Waals surface area (Å²) in [7, 11) is -3.75. The molecule has 0 saturated carbocycles. The van der Waals surface area contributed by atoms with Crippen LogP contribution in [0.2, 0.25) is 0 Å². The molecule has 0 atom stereocenters. The lowest BCUT2D eigenvalue weighted by Gasteiger charge is -2.13. The maximum Gasteiger partial charge on any atom is 0.261 e. The van der Waals surface area contributed by atoms with Gasteiger partial charge in [-0.05, 0) is 86.0 Å². The lowest BCUT2D eigenvalue weighted by atomic mass is 10.1. The molecule has 0 fully saturated rings. The number of aryl methyl sites for hydroxylation is 2. The van der Waals surface area contributed by atoms with E-state index in [1.807, 2.05) is 32.9 Å². The Bertz CT molecular complexity index is 1230. The topological polar surface area (TPSA) is 84.5 Å². The zero-order valence-electron chi connectivity index (χ0n) is 18.1. The number of halogens is 1. The Morgan fingerprint density at radius 2 is 1.62 bits per heavy atom. The Morgan fingerprint density at radius 1 is 0.938 bits per heavy atom. The molecule has 1 amide bonds. The third-order valence-corrected chi connectivity index (χ3v) is 6.72. The molecule has 168 valence electrons. The molecule has 0 aliphatic heterocycles. The maximum atomic E-state index is 12.8. The summed E-state index contributed by atoms with van der Waals surface area (Å²) < 4.78 is 34.4. The minimum atomic E-state index is -3.75. The summed E-state index contributed by atoms with van der Waals surface area (Å²) >= 11 is 3.38. The zero-order valence-corrected chi connectivity index (χ0v) is 20.5. The highest BCUT2D eigenvalue weighted by molar-refractivity contribution is 9.10. The van der Waals surface area contributed by atoms with Gasteiger partial charge in [-0.1, -0.05) is 28.9 Å². The van der Waals surface area contributed by atoms with Gasteiger partial charge < -0.3 is 10.1 Å². The van der Waals surface area contributed by atoms with E-state index >= 15 is 0 Å². The molecule has 2 N–H and O–H groups in total. The van der Waals surface area contributed by atoms with Gasteiger partial charge >= 0.3 is 0 Å². The minimum absolute atomic E-state index is 0.100. The number of nitrogens with one attached hydrogen (secondary N) is 2. The second-order valence-corrected chi connectivity index (χ2v) is 9.97. The van der Waals surface area contributed by atoms with E-state index in [9.17, 15) is 13.2 Å². The molecule has 3 aromatic carbocycles. The third kappa shape index (κ3) is 5.89. The molecule has 3 rings (SSSR count). The average Bonchev–Trinajstić information content (AvgIpc) is 2.75. The number of sulfonamides is 1. The van der Waals surface area contributed by atoms with Crippen molar-refractivity contribution < 1.29 is 17.9 Å². The van der Waals surface area contributed by atoms with E-state index < -0.39 is 10.0 Å². The van der Waals surface area contributed by atoms with Gasteiger partial charge in [0.2, 0.25) is 0 Å². The number of anilines is 2. The van der Waals surface area contributed by atoms with Crippen LogP contribution in [-0.4, -0.2) is 20.9 Å². The smallest absolute Gasteiger partial charge is 0.261 e. The Hall–Kier alpha value is -2.84. The fraction of sp³-hybridized carbons (Fsp3) is 0.208. The normalized spacial score (nSPS) is 11.1. The van der Waals surface area contributed by atoms with E-state index in [1.165, 1.54) is 12.1 Å². The summed E-state index contributed by atoms with van der Waals surface area (Å²) in [6.07, 6.45) is 0.823. The van der Waals surface area contributed by atoms with Gasteiger partial charge in [-0.15, -0.1) is 0 Å². The monoisotopic (exact) mass is 516 g/mol. The minimum Gasteiger partial charge on any atom is -0.493 e. The zero-order chi connectivity index (χ0) is 23.3. The van der Waals surface area contributed by atoms with Crippen LogP contribution in [0.1, 0.15) is 34.8 Å². The molecule has 8 heteroatoms. The van der Waals surface area contributed by atoms with Crippen LogP contribution in [0.5, 0.6) is 5.75 Å². The number of hydrogen-bond donors (Lipinski definition) is 2. The number of ether oxygens (including phenoxy) is 1. The summed E-state index contributed by atoms with van der Waals surface area (Å²) in [5.41, 5.74) is 3.45. The molecule has 3 aromatic rings. The number of hydrogen-bond acceptors (Lipinski definition) is 4. The second-order valence-electron chi connectivity index (χ2n) is 7.37. The predicted octanol–water partition coefficient (Wildman–Crippen LogP) is 5.91. The first-order chi connectivity index (χ1) is 15.2. The highest BCUT2D eigenvalue weighted by Crippen LogP contribution is 2.25. The molecule has 0 radical (unpaired) electrons. The molecular formula is C24H25BrN2O4S. The Kier molecular flexibility index (Phi) is 7.58. The molecule has 0 bridgehead atoms. The van der Waals surface area contributed by atoms with Gasteiger partial charge in [0.25, 0.3) is 15.9 Å². The third-order valence-electron chi connectivity index (χ3n) is 4.83. The Balaban J connectivity index is 1.75. The summed E-state index contributed by atoms with van der Waals surface area (Å²) in [4.78, 5) is 12.9. The summed E-state index contributed by atoms with van der Waals surface area (Å²) in [5, 5.41) is 2.79. The van der Waals surface area contributed by atoms with Crippen molar-refractivity contribution in [2.75, 3.05) is 16.6 Å². The van der Waals surface area contributed by atoms with E-state index in [4.69, 9.17) is 4.74 Å². The van der Waals surface area contributed by atoms with Crippen molar-refractivity contribution in [2.24, 2.45) is 0 Å². The highest BCUT2D eigenvalue weighted by atomic mass is 79.9. The van der Waals surface area contributed by atoms with Crippen molar-refractivity contribution in [3.63, 3.8) is 0 Å². The van der Waals surface area contributed by atoms with E-state index in [0.29, 0.717) is 29.3 Å². The first kappa shape index (κ1) is 23.8. The lowest BCUT2D eigenvalue weighted by molar-refractivity contribution is 0.102. The van der Waals surface area contributed by atoms with Gasteiger partial charge in [0.15, 0.2) is 0 Å². The number of benzene rings is 3. The van der Waals surface area contributed by atoms with Crippen LogP contribution in [0.3, 0.4) is 0 Å². The van der Waals surface area contributed by atoms with Gasteiger partial charge in [0.05, 0.1) is 17.1 Å². The molecule has 0 aromatic heterocycles. The van der Waals surface area contributed by atoms with Crippen molar-refractivity contribution >= 4 is 43.2 Å². The van der Waals surface area contributed by atoms with Gasteiger partial charge in [0, 0.05) is 15.8 Å². The lowest BCUT2D eigenvalue weighted by Crippen LogP contribution is -2.15. The predicted molar refractivity (Wildman–Crippen MR) is 131 cm³/mol. The molecule has 0 unspecified atom stereocenters. The van der Waals surface area contributed by atoms with Crippen LogP contribution < -0.4 is 14.8 Å². The molecule has 0 heterocycles. The summed E-state index contributed by atoms with van der Waals surface area (Å²) in [5.74, 6) is 0.144. The van der Waals surface area contributed by atoms with Crippen LogP contribution in [0, 0.1) is 13.8 Å². The fourth-order valence-electron chi connectivity index (χ4n) is 2.95. The molecule has 32 heavy (non-hydrogen) atoms. The number of rotatable bonds is 8. The summed E-state index contributed by atoms with van der Waals surface area (Å²) in [6.45, 7) is 6.38. The molecule has 0 spiro atoms. The van der Waals surface area contributed by atoms with E-state index in [2.05, 4.69) is 26.0 Å². The SMILES string of the molecule is CCCOc1ccc(Br)cc1C(=O)Nc1ccc(S(=O)(=O)Nc2ccc(C)c(C)c2)cc1. The number of carbonyl (C=O) groups is 1. The van der Waals surface area contributed by atoms with Crippen LogP contribution in [0.25, 0.3) is 0 Å². The van der Waals surface area contributed by atoms with Crippen LogP contribution in [0.15, 0.2) is 70.0 Å². The van der Waals surface area contributed by atoms with Gasteiger partial charge in [0.1, 0.15) is 5.75 Å². The van der Waals surface area contributed by atoms with E-state index in [0.717, 1.165) is 22.0 Å². The van der Waals surface area contributed by atoms with Crippen molar-refractivity contribution in [1.29, 1.82) is 0 Å². The Labute approximate surface area is 197 Å². The standard InChI is InChI=1S/C24H25BrN2O4S/c1-4-13-31-23-12-6-18(25)15-22(23)24(28)26-19-8-10-21(11-9-19)32(29,30)27-20-7-5-16(2)17(3)14-20/h5-12,14-15,27H,4,13H2,1-3H3,(H,26,28). The van der Waals surface area contributed by atoms with Crippen LogP contribution >= 0.6 is 15.9 Å². The molecule has 6 nitrogen and oxygen atoms in total. The van der Waals surface area contributed by atoms with Gasteiger partial charge in [-0.3, -0.25) is 9.52 Å². The highest BCUT2D eigenvalue weighted by Gasteiger charge is 2.17. The first-order valence-corrected chi connectivity index (χ1v) is 12.4. The van der Waals surface area contributed by atoms with Crippen molar-refractivity contribution in [1.82, 2.24) is 0 Å². The van der Waals surface area contributed by atoms with Gasteiger partial charge in [-0.2, -0.15) is 0 Å². The van der Waals surface area contributed by atoms with Crippen LogP contribution in [-0.2, 0) is 10.0 Å². The number of carbonyl (C=O) groups excluding carboxylic acids is 1. The fourth-order valence-corrected chi connectivity index (χ4v) is 4.36. The Morgan fingerprint density at radius 3 is 2.28 bits per heavy atom. The largest absolute Gasteiger partial charge is 0.493 e. The van der Waals surface area contributed by atoms with Crippen molar-refractivity contribution in [3.05, 3.63) is 81.8 Å². The summed E-state index contributed by atoms with van der Waals surface area (Å²) in [6, 6.07) is 16.6. The maximum absolute atomic E-state index is 12.8. The van der Waals surface area contributed by atoms with E-state index in [1.54, 1.807) is 36.4 Å². The molecule has 0 aliphatic rings. The second kappa shape index (κ2) is 10.2. The quantitative estimate of drug-likeness (QED) is 0.389. The van der Waals surface area contributed by atoms with Crippen molar-refractivity contribution in [3.8, 4) is 5.75 Å². The van der Waals surface area contributed by atoms with Crippen LogP contribution in [0.4, 0.5) is 11.4 Å². The van der Waals surface area contributed by atoms with Gasteiger partial charge in [-0.25, -0.2) is 8.42 Å².